The molecule has 0 fully saturated rings. The molecular weight excluding hydrogens is 777 g/mol. The van der Waals surface area contributed by atoms with Gasteiger partial charge in [0.2, 0.25) is 0 Å². The highest BCUT2D eigenvalue weighted by Gasteiger charge is 2.18. The van der Waals surface area contributed by atoms with Crippen LogP contribution in [0.4, 0.5) is 0 Å². The number of nitrogens with zero attached hydrogens (tertiary/aromatic N) is 4. The molecule has 0 unspecified atom stereocenters. The Morgan fingerprint density at radius 2 is 0.797 bits per heavy atom. The predicted molar refractivity (Wildman–Crippen MR) is 267 cm³/mol. The molecule has 4 aromatic heterocycles. The maximum atomic E-state index is 5.42. The lowest BCUT2D eigenvalue weighted by molar-refractivity contribution is 1.18. The highest BCUT2D eigenvalue weighted by molar-refractivity contribution is 6.12. The van der Waals surface area contributed by atoms with Crippen molar-refractivity contribution in [2.45, 2.75) is 0 Å². The van der Waals surface area contributed by atoms with Crippen LogP contribution in [0, 0.1) is 0 Å². The average molecular weight is 815 g/mol. The van der Waals surface area contributed by atoms with Gasteiger partial charge in [-0.05, 0) is 119 Å². The van der Waals surface area contributed by atoms with E-state index in [2.05, 4.69) is 228 Å². The van der Waals surface area contributed by atoms with Gasteiger partial charge >= 0.3 is 0 Å². The van der Waals surface area contributed by atoms with Crippen LogP contribution in [0.1, 0.15) is 0 Å². The van der Waals surface area contributed by atoms with Crippen molar-refractivity contribution in [3.63, 3.8) is 0 Å². The zero-order valence-corrected chi connectivity index (χ0v) is 34.7. The smallest absolute Gasteiger partial charge is 0.0716 e. The van der Waals surface area contributed by atoms with Gasteiger partial charge < -0.3 is 9.13 Å². The summed E-state index contributed by atoms with van der Waals surface area (Å²) in [7, 11) is 0. The van der Waals surface area contributed by atoms with Crippen LogP contribution < -0.4 is 0 Å². The summed E-state index contributed by atoms with van der Waals surface area (Å²) < 4.78 is 4.73. The Morgan fingerprint density at radius 1 is 0.297 bits per heavy atom. The second-order valence-electron chi connectivity index (χ2n) is 16.6. The minimum atomic E-state index is 0.937. The minimum Gasteiger partial charge on any atom is -0.309 e. The van der Waals surface area contributed by atoms with Crippen LogP contribution >= 0.6 is 0 Å². The molecule has 4 heterocycles. The van der Waals surface area contributed by atoms with Gasteiger partial charge in [-0.2, -0.15) is 0 Å². The van der Waals surface area contributed by atoms with E-state index in [-0.39, 0.29) is 0 Å². The molecule has 0 spiro atoms. The molecule has 9 aromatic carbocycles. The van der Waals surface area contributed by atoms with Gasteiger partial charge in [0.15, 0.2) is 0 Å². The molecule has 0 aliphatic carbocycles. The largest absolute Gasteiger partial charge is 0.309 e. The van der Waals surface area contributed by atoms with Crippen LogP contribution in [0.3, 0.4) is 0 Å². The van der Waals surface area contributed by atoms with Crippen molar-refractivity contribution in [2.24, 2.45) is 0 Å². The summed E-state index contributed by atoms with van der Waals surface area (Å²) in [5.74, 6) is 0. The fourth-order valence-electron chi connectivity index (χ4n) is 9.86. The predicted octanol–water partition coefficient (Wildman–Crippen LogP) is 15.6. The molecule has 0 aliphatic heterocycles. The lowest BCUT2D eigenvalue weighted by Crippen LogP contribution is -1.94. The summed E-state index contributed by atoms with van der Waals surface area (Å²) in [6, 6.07) is 80.8. The SMILES string of the molecule is c1ccc(-n2c3ccccc3c3cc(-c4ccc5nc(-c6ccc7c(c6)c6ccccc6n7-c6ccccc6)cc(-c6ccc(-c7cnc8ccccc8c7)cc6)c5c4)ccc32)cc1. The average Bonchev–Trinajstić information content (AvgIpc) is 3.88. The van der Waals surface area contributed by atoms with Crippen molar-refractivity contribution in [1.82, 2.24) is 19.1 Å². The lowest BCUT2D eigenvalue weighted by atomic mass is 9.93. The second kappa shape index (κ2) is 14.5. The van der Waals surface area contributed by atoms with Crippen molar-refractivity contribution in [3.8, 4) is 56.0 Å². The van der Waals surface area contributed by atoms with Crippen molar-refractivity contribution in [2.75, 3.05) is 0 Å². The van der Waals surface area contributed by atoms with Crippen LogP contribution in [-0.2, 0) is 0 Å². The fraction of sp³-hybridized carbons (Fsp3) is 0. The summed E-state index contributed by atoms with van der Waals surface area (Å²) in [5.41, 5.74) is 17.8. The van der Waals surface area contributed by atoms with Crippen molar-refractivity contribution < 1.29 is 0 Å². The number of pyridine rings is 2. The Balaban J connectivity index is 0.981. The molecule has 4 heteroatoms. The Hall–Kier alpha value is -8.60. The van der Waals surface area contributed by atoms with E-state index in [4.69, 9.17) is 9.97 Å². The molecule has 64 heavy (non-hydrogen) atoms. The van der Waals surface area contributed by atoms with Gasteiger partial charge in [0.1, 0.15) is 0 Å². The molecule has 0 saturated carbocycles. The van der Waals surface area contributed by atoms with E-state index < -0.39 is 0 Å². The van der Waals surface area contributed by atoms with Crippen molar-refractivity contribution in [3.05, 3.63) is 231 Å². The van der Waals surface area contributed by atoms with Crippen LogP contribution in [0.5, 0.6) is 0 Å². The van der Waals surface area contributed by atoms with E-state index in [9.17, 15) is 0 Å². The third kappa shape index (κ3) is 5.84. The zero-order valence-electron chi connectivity index (χ0n) is 34.7. The Morgan fingerprint density at radius 3 is 1.47 bits per heavy atom. The molecular formula is C60H38N4. The maximum absolute atomic E-state index is 5.42. The van der Waals surface area contributed by atoms with Crippen LogP contribution in [0.25, 0.3) is 121 Å². The lowest BCUT2D eigenvalue weighted by Gasteiger charge is -2.14. The van der Waals surface area contributed by atoms with Gasteiger partial charge in [-0.25, -0.2) is 4.98 Å². The molecule has 4 nitrogen and oxygen atoms in total. The molecule has 0 saturated heterocycles. The quantitative estimate of drug-likeness (QED) is 0.168. The first-order valence-electron chi connectivity index (χ1n) is 21.8. The van der Waals surface area contributed by atoms with Crippen LogP contribution in [0.15, 0.2) is 231 Å². The summed E-state index contributed by atoms with van der Waals surface area (Å²) in [6.45, 7) is 0. The molecule has 0 bridgehead atoms. The van der Waals surface area contributed by atoms with Crippen LogP contribution in [0.2, 0.25) is 0 Å². The van der Waals surface area contributed by atoms with E-state index in [1.54, 1.807) is 0 Å². The topological polar surface area (TPSA) is 35.6 Å². The standard InChI is InChI=1S/C60H38N4/c1-3-14-46(15-4-1)63-57-21-11-8-18-48(57)52-35-42(28-31-59(52)63)41-27-30-55-51(34-41)50(40-25-23-39(24-26-40)45-33-43-13-7-10-20-54(43)61-38-45)37-56(62-55)44-29-32-60-53(36-44)49-19-9-12-22-58(49)64(60)47-16-5-2-6-17-47/h1-38H. The highest BCUT2D eigenvalue weighted by atomic mass is 15.0. The molecule has 0 atom stereocenters. The number of benzene rings is 9. The van der Waals surface area contributed by atoms with E-state index in [1.807, 2.05) is 12.3 Å². The van der Waals surface area contributed by atoms with Gasteiger partial charge in [0, 0.05) is 61.0 Å². The molecule has 0 aliphatic rings. The normalized spacial score (nSPS) is 11.8. The van der Waals surface area contributed by atoms with Gasteiger partial charge in [0.25, 0.3) is 0 Å². The van der Waals surface area contributed by atoms with E-state index >= 15 is 0 Å². The van der Waals surface area contributed by atoms with E-state index in [0.29, 0.717) is 0 Å². The first-order chi connectivity index (χ1) is 31.7. The third-order valence-corrected chi connectivity index (χ3v) is 12.9. The van der Waals surface area contributed by atoms with E-state index in [1.165, 1.54) is 49.2 Å². The van der Waals surface area contributed by atoms with Gasteiger partial charge in [-0.1, -0.05) is 133 Å². The summed E-state index contributed by atoms with van der Waals surface area (Å²) in [4.78, 5) is 10.2. The number of para-hydroxylation sites is 5. The van der Waals surface area contributed by atoms with E-state index in [0.717, 1.165) is 72.3 Å². The summed E-state index contributed by atoms with van der Waals surface area (Å²) in [5, 5.41) is 7.13. The Bertz CT molecular complexity index is 3940. The number of aromatic nitrogens is 4. The van der Waals surface area contributed by atoms with Gasteiger partial charge in [-0.15, -0.1) is 0 Å². The molecule has 13 aromatic rings. The third-order valence-electron chi connectivity index (χ3n) is 12.9. The van der Waals surface area contributed by atoms with Gasteiger partial charge in [0.05, 0.1) is 38.8 Å². The number of hydrogen-bond acceptors (Lipinski definition) is 2. The highest BCUT2D eigenvalue weighted by Crippen LogP contribution is 2.40. The zero-order chi connectivity index (χ0) is 42.1. The Labute approximate surface area is 369 Å². The minimum absolute atomic E-state index is 0.937. The number of rotatable bonds is 6. The van der Waals surface area contributed by atoms with Gasteiger partial charge in [-0.3, -0.25) is 4.98 Å². The molecule has 298 valence electrons. The molecule has 13 rings (SSSR count). The van der Waals surface area contributed by atoms with Crippen molar-refractivity contribution in [1.29, 1.82) is 0 Å². The number of fused-ring (bicyclic) bond motifs is 8. The maximum Gasteiger partial charge on any atom is 0.0716 e. The molecule has 0 amide bonds. The molecule has 0 radical (unpaired) electrons. The Kier molecular flexibility index (Phi) is 8.18. The molecule has 0 N–H and O–H groups in total. The van der Waals surface area contributed by atoms with Crippen molar-refractivity contribution >= 4 is 65.4 Å². The monoisotopic (exact) mass is 814 g/mol. The van der Waals surface area contributed by atoms with Crippen LogP contribution in [-0.4, -0.2) is 19.1 Å². The first kappa shape index (κ1) is 36.1. The fourth-order valence-corrected chi connectivity index (χ4v) is 9.86. The first-order valence-corrected chi connectivity index (χ1v) is 21.8. The number of hydrogen-bond donors (Lipinski definition) is 0. The second-order valence-corrected chi connectivity index (χ2v) is 16.6. The summed E-state index contributed by atoms with van der Waals surface area (Å²) >= 11 is 0. The summed E-state index contributed by atoms with van der Waals surface area (Å²) in [6.07, 6.45) is 1.97.